The summed E-state index contributed by atoms with van der Waals surface area (Å²) in [5.74, 6) is -2.05. The van der Waals surface area contributed by atoms with E-state index >= 15 is 0 Å². The van der Waals surface area contributed by atoms with Crippen LogP contribution in [-0.2, 0) is 19.1 Å². The number of carbonyl (C=O) groups excluding carboxylic acids is 3. The largest absolute Gasteiger partial charge is 0.458 e. The Hall–Kier alpha value is -4.31. The fraction of sp³-hybridized carbons (Fsp3) is 0.343. The molecule has 4 rings (SSSR count). The number of nitrogens with zero attached hydrogens (tertiary/aromatic N) is 1. The van der Waals surface area contributed by atoms with Gasteiger partial charge in [0.25, 0.3) is 11.6 Å². The van der Waals surface area contributed by atoms with Gasteiger partial charge in [0.15, 0.2) is 0 Å². The van der Waals surface area contributed by atoms with Crippen molar-refractivity contribution in [3.05, 3.63) is 114 Å². The summed E-state index contributed by atoms with van der Waals surface area (Å²) in [6.45, 7) is 15.6. The lowest BCUT2D eigenvalue weighted by Crippen LogP contribution is -2.40. The molecular weight excluding hydrogens is 640 g/mol. The van der Waals surface area contributed by atoms with Gasteiger partial charge in [-0.3, -0.25) is 14.9 Å². The van der Waals surface area contributed by atoms with Gasteiger partial charge in [-0.05, 0) is 60.9 Å². The standard InChI is InChI=1S/C28H23BrN2O7.C3H8.2C2H6/c1-3-17-9-12-21-23(15-37-28(34)25(21)38-27(33)18-7-10-20(29)11-8-18)26(32)30-14-19(17)13-22-16(2)5-4-6-24(22)31(35)36;1-3-2;2*1-2/h3-13,25H,14-15H2,1-2H3,(H,30,32);3H2,1-2H3;2*1-2H3/b12-9+,17-3+,19-13-;;;. The maximum Gasteiger partial charge on any atom is 0.352 e. The lowest BCUT2D eigenvalue weighted by Gasteiger charge is -2.25. The van der Waals surface area contributed by atoms with E-state index in [-0.39, 0.29) is 35.5 Å². The minimum atomic E-state index is -1.45. The minimum absolute atomic E-state index is 0.0561. The third-order valence-corrected chi connectivity index (χ3v) is 6.69. The summed E-state index contributed by atoms with van der Waals surface area (Å²) in [6, 6.07) is 11.2. The Morgan fingerprint density at radius 1 is 1.09 bits per heavy atom. The van der Waals surface area contributed by atoms with Gasteiger partial charge < -0.3 is 14.8 Å². The molecule has 1 unspecified atom stereocenters. The Morgan fingerprint density at radius 2 is 1.71 bits per heavy atom. The van der Waals surface area contributed by atoms with Gasteiger partial charge in [-0.15, -0.1) is 0 Å². The second kappa shape index (κ2) is 19.9. The van der Waals surface area contributed by atoms with Crippen LogP contribution in [0.3, 0.4) is 0 Å². The Kier molecular flexibility index (Phi) is 17.1. The van der Waals surface area contributed by atoms with Crippen LogP contribution < -0.4 is 5.32 Å². The average Bonchev–Trinajstić information content (AvgIpc) is 3.10. The van der Waals surface area contributed by atoms with Gasteiger partial charge in [0, 0.05) is 22.7 Å². The van der Waals surface area contributed by atoms with Gasteiger partial charge >= 0.3 is 11.9 Å². The minimum Gasteiger partial charge on any atom is -0.458 e. The SMILES string of the molecule is C/C=C1\C=C\C2=C(COC(=O)C2OC(=O)c2ccc(Br)cc2)C(=O)NC\C1=C\c1c(C)cccc1[N+](=O)[O-].CC.CC.CCC. The number of nitro groups is 1. The van der Waals surface area contributed by atoms with Gasteiger partial charge in [0.2, 0.25) is 6.10 Å². The molecule has 1 amide bonds. The molecule has 2 heterocycles. The Labute approximate surface area is 274 Å². The molecule has 242 valence electrons. The molecule has 2 aromatic carbocycles. The molecule has 0 aliphatic carbocycles. The Morgan fingerprint density at radius 3 is 2.29 bits per heavy atom. The molecule has 0 saturated heterocycles. The zero-order valence-corrected chi connectivity index (χ0v) is 28.8. The van der Waals surface area contributed by atoms with E-state index in [0.29, 0.717) is 22.3 Å². The number of rotatable bonds is 4. The normalized spacial score (nSPS) is 18.0. The van der Waals surface area contributed by atoms with E-state index in [1.54, 1.807) is 74.5 Å². The lowest BCUT2D eigenvalue weighted by molar-refractivity contribution is -0.385. The van der Waals surface area contributed by atoms with Crippen molar-refractivity contribution in [1.29, 1.82) is 0 Å². The molecule has 0 aromatic heterocycles. The molecule has 2 aromatic rings. The van der Waals surface area contributed by atoms with Crippen molar-refractivity contribution in [3.8, 4) is 0 Å². The van der Waals surface area contributed by atoms with E-state index in [1.807, 2.05) is 27.7 Å². The van der Waals surface area contributed by atoms with Crippen molar-refractivity contribution in [2.24, 2.45) is 0 Å². The van der Waals surface area contributed by atoms with Gasteiger partial charge in [-0.2, -0.15) is 0 Å². The lowest BCUT2D eigenvalue weighted by atomic mass is 9.96. The van der Waals surface area contributed by atoms with Gasteiger partial charge in [-0.1, -0.05) is 94.3 Å². The maximum absolute atomic E-state index is 13.1. The van der Waals surface area contributed by atoms with Crippen molar-refractivity contribution in [3.63, 3.8) is 0 Å². The number of hydrogen-bond acceptors (Lipinski definition) is 7. The van der Waals surface area contributed by atoms with E-state index < -0.39 is 28.9 Å². The van der Waals surface area contributed by atoms with Crippen LogP contribution >= 0.6 is 15.9 Å². The second-order valence-electron chi connectivity index (χ2n) is 9.24. The number of allylic oxidation sites excluding steroid dienone is 2. The zero-order chi connectivity index (χ0) is 34.1. The quantitative estimate of drug-likeness (QED) is 0.196. The van der Waals surface area contributed by atoms with E-state index in [0.717, 1.165) is 4.47 Å². The third kappa shape index (κ3) is 10.7. The molecule has 9 nitrogen and oxygen atoms in total. The Bertz CT molecular complexity index is 1470. The summed E-state index contributed by atoms with van der Waals surface area (Å²) in [6.07, 6.45) is 6.50. The molecule has 2 aliphatic heterocycles. The first-order valence-electron chi connectivity index (χ1n) is 15.0. The van der Waals surface area contributed by atoms with Crippen LogP contribution in [0.15, 0.2) is 87.5 Å². The van der Waals surface area contributed by atoms with Crippen LogP contribution in [0.5, 0.6) is 0 Å². The number of halogens is 1. The van der Waals surface area contributed by atoms with Gasteiger partial charge in [0.1, 0.15) is 6.61 Å². The van der Waals surface area contributed by atoms with E-state index in [4.69, 9.17) is 9.47 Å². The van der Waals surface area contributed by atoms with Gasteiger partial charge in [-0.25, -0.2) is 9.59 Å². The van der Waals surface area contributed by atoms with Crippen LogP contribution in [0.4, 0.5) is 5.69 Å². The predicted octanol–water partition coefficient (Wildman–Crippen LogP) is 8.23. The summed E-state index contributed by atoms with van der Waals surface area (Å²) < 4.78 is 11.5. The monoisotopic (exact) mass is 682 g/mol. The number of carbonyl (C=O) groups is 3. The Balaban J connectivity index is 0.00000134. The van der Waals surface area contributed by atoms with Crippen LogP contribution in [-0.4, -0.2) is 42.0 Å². The molecule has 0 fully saturated rings. The highest BCUT2D eigenvalue weighted by molar-refractivity contribution is 9.10. The third-order valence-electron chi connectivity index (χ3n) is 6.16. The average molecular weight is 684 g/mol. The first-order valence-corrected chi connectivity index (χ1v) is 15.8. The predicted molar refractivity (Wildman–Crippen MR) is 182 cm³/mol. The number of amides is 1. The molecule has 0 radical (unpaired) electrons. The highest BCUT2D eigenvalue weighted by Crippen LogP contribution is 2.29. The molecule has 45 heavy (non-hydrogen) atoms. The number of nitro benzene ring substituents is 1. The second-order valence-corrected chi connectivity index (χ2v) is 10.2. The van der Waals surface area contributed by atoms with Crippen molar-refractivity contribution < 1.29 is 28.8 Å². The van der Waals surface area contributed by atoms with Crippen molar-refractivity contribution >= 4 is 45.5 Å². The van der Waals surface area contributed by atoms with E-state index in [9.17, 15) is 24.5 Å². The maximum atomic E-state index is 13.1. The summed E-state index contributed by atoms with van der Waals surface area (Å²) in [5, 5.41) is 14.4. The highest BCUT2D eigenvalue weighted by Gasteiger charge is 2.37. The number of benzene rings is 2. The first-order chi connectivity index (χ1) is 21.6. The number of aryl methyl sites for hydroxylation is 1. The molecule has 1 atom stereocenters. The molecule has 0 spiro atoms. The van der Waals surface area contributed by atoms with Gasteiger partial charge in [0.05, 0.1) is 21.6 Å². The summed E-state index contributed by atoms with van der Waals surface area (Å²) in [5.41, 5.74) is 2.92. The van der Waals surface area contributed by atoms with E-state index in [2.05, 4.69) is 35.1 Å². The topological polar surface area (TPSA) is 125 Å². The van der Waals surface area contributed by atoms with Crippen molar-refractivity contribution in [2.75, 3.05) is 13.2 Å². The molecular formula is C35H43BrN2O7. The van der Waals surface area contributed by atoms with Crippen LogP contribution in [0.1, 0.15) is 76.4 Å². The number of cyclic esters (lactones) is 1. The summed E-state index contributed by atoms with van der Waals surface area (Å²) in [4.78, 5) is 49.7. The number of ether oxygens (including phenoxy) is 2. The van der Waals surface area contributed by atoms with Crippen LogP contribution in [0, 0.1) is 17.0 Å². The first kappa shape index (κ1) is 38.7. The fourth-order valence-electron chi connectivity index (χ4n) is 4.12. The number of hydrogen-bond donors (Lipinski definition) is 1. The van der Waals surface area contributed by atoms with Crippen molar-refractivity contribution in [2.45, 2.75) is 67.9 Å². The zero-order valence-electron chi connectivity index (χ0n) is 27.2. The smallest absolute Gasteiger partial charge is 0.352 e. The summed E-state index contributed by atoms with van der Waals surface area (Å²) >= 11 is 3.30. The molecule has 10 heteroatoms. The summed E-state index contributed by atoms with van der Waals surface area (Å²) in [7, 11) is 0. The van der Waals surface area contributed by atoms with Crippen LogP contribution in [0.2, 0.25) is 0 Å². The number of esters is 2. The highest BCUT2D eigenvalue weighted by atomic mass is 79.9. The molecule has 1 N–H and O–H groups in total. The van der Waals surface area contributed by atoms with E-state index in [1.165, 1.54) is 12.5 Å². The van der Waals surface area contributed by atoms with Crippen molar-refractivity contribution in [1.82, 2.24) is 5.32 Å². The van der Waals surface area contributed by atoms with Crippen LogP contribution in [0.25, 0.3) is 6.08 Å². The molecule has 2 aliphatic rings. The molecule has 0 saturated carbocycles. The fourth-order valence-corrected chi connectivity index (χ4v) is 4.38. The molecule has 0 bridgehead atoms. The number of nitrogens with one attached hydrogen (secondary N) is 1.